The predicted molar refractivity (Wildman–Crippen MR) is 97.9 cm³/mol. The second-order valence-corrected chi connectivity index (χ2v) is 6.24. The molecule has 1 aliphatic rings. The molecule has 1 aromatic carbocycles. The lowest BCUT2D eigenvalue weighted by atomic mass is 9.99. The Morgan fingerprint density at radius 1 is 1.31 bits per heavy atom. The van der Waals surface area contributed by atoms with Crippen LogP contribution in [0.1, 0.15) is 31.7 Å². The van der Waals surface area contributed by atoms with Crippen LogP contribution in [-0.2, 0) is 20.8 Å². The van der Waals surface area contributed by atoms with E-state index in [0.717, 1.165) is 24.9 Å². The number of nitrogens with zero attached hydrogens (tertiary/aromatic N) is 1. The van der Waals surface area contributed by atoms with Gasteiger partial charge in [0.2, 0.25) is 6.41 Å². The number of carbonyl (C=O) groups is 3. The van der Waals surface area contributed by atoms with E-state index >= 15 is 0 Å². The van der Waals surface area contributed by atoms with Crippen molar-refractivity contribution in [3.8, 4) is 0 Å². The van der Waals surface area contributed by atoms with Gasteiger partial charge in [0.25, 0.3) is 0 Å². The minimum Gasteiger partial charge on any atom is -0.481 e. The van der Waals surface area contributed by atoms with Gasteiger partial charge in [-0.25, -0.2) is 0 Å². The third-order valence-electron chi connectivity index (χ3n) is 4.34. The van der Waals surface area contributed by atoms with E-state index in [2.05, 4.69) is 5.32 Å². The Morgan fingerprint density at radius 2 is 2.00 bits per heavy atom. The van der Waals surface area contributed by atoms with Crippen LogP contribution in [0.4, 0.5) is 0 Å². The van der Waals surface area contributed by atoms with Gasteiger partial charge >= 0.3 is 11.9 Å². The number of amides is 1. The highest BCUT2D eigenvalue weighted by atomic mass is 16.4. The summed E-state index contributed by atoms with van der Waals surface area (Å²) in [7, 11) is 0. The SMILES string of the molecule is CCN(C=O)CC(CCc1ccccc1)C(=O)O.O=C(O)[C@@H]1CCCN1. The van der Waals surface area contributed by atoms with Crippen LogP contribution in [-0.4, -0.2) is 59.1 Å². The third-order valence-corrected chi connectivity index (χ3v) is 4.34. The average Bonchev–Trinajstić information content (AvgIpc) is 3.18. The van der Waals surface area contributed by atoms with Gasteiger partial charge in [-0.05, 0) is 44.7 Å². The standard InChI is InChI=1S/C14H19NO3.C5H9NO2/c1-2-15(11-16)10-13(14(17)18)9-8-12-6-4-3-5-7-12;7-5(8)4-2-1-3-6-4/h3-7,11,13H,2,8-10H2,1H3,(H,17,18);4,6H,1-3H2,(H,7,8)/t;4-/m.0/s1. The van der Waals surface area contributed by atoms with E-state index in [1.54, 1.807) is 0 Å². The number of hydrogen-bond acceptors (Lipinski definition) is 4. The summed E-state index contributed by atoms with van der Waals surface area (Å²) in [5.74, 6) is -2.07. The number of carboxylic acid groups (broad SMARTS) is 2. The molecule has 1 heterocycles. The molecular weight excluding hydrogens is 336 g/mol. The Kier molecular flexibility index (Phi) is 10.0. The van der Waals surface area contributed by atoms with Crippen molar-refractivity contribution in [2.24, 2.45) is 5.92 Å². The minimum atomic E-state index is -0.841. The number of benzene rings is 1. The Morgan fingerprint density at radius 3 is 2.42 bits per heavy atom. The minimum absolute atomic E-state index is 0.269. The van der Waals surface area contributed by atoms with Crippen molar-refractivity contribution < 1.29 is 24.6 Å². The molecule has 1 amide bonds. The zero-order valence-corrected chi connectivity index (χ0v) is 15.1. The molecule has 0 aromatic heterocycles. The molecule has 3 N–H and O–H groups in total. The second-order valence-electron chi connectivity index (χ2n) is 6.24. The number of carbonyl (C=O) groups excluding carboxylic acids is 1. The van der Waals surface area contributed by atoms with Crippen LogP contribution in [0.2, 0.25) is 0 Å². The van der Waals surface area contributed by atoms with Crippen molar-refractivity contribution >= 4 is 18.3 Å². The number of nitrogens with one attached hydrogen (secondary N) is 1. The molecule has 1 aliphatic heterocycles. The van der Waals surface area contributed by atoms with Crippen molar-refractivity contribution in [2.45, 2.75) is 38.6 Å². The summed E-state index contributed by atoms with van der Waals surface area (Å²) in [6, 6.07) is 9.51. The normalized spacial score (nSPS) is 16.9. The van der Waals surface area contributed by atoms with Crippen molar-refractivity contribution in [1.82, 2.24) is 10.2 Å². The number of carboxylic acids is 2. The van der Waals surface area contributed by atoms with Gasteiger partial charge in [-0.3, -0.25) is 14.4 Å². The van der Waals surface area contributed by atoms with Gasteiger partial charge in [0.1, 0.15) is 6.04 Å². The molecule has 2 atom stereocenters. The Bertz CT molecular complexity index is 558. The van der Waals surface area contributed by atoms with Gasteiger partial charge in [0.15, 0.2) is 0 Å². The second kappa shape index (κ2) is 12.0. The van der Waals surface area contributed by atoms with Crippen molar-refractivity contribution in [1.29, 1.82) is 0 Å². The lowest BCUT2D eigenvalue weighted by Gasteiger charge is -2.20. The molecule has 144 valence electrons. The van der Waals surface area contributed by atoms with E-state index in [9.17, 15) is 14.4 Å². The zero-order valence-electron chi connectivity index (χ0n) is 15.1. The summed E-state index contributed by atoms with van der Waals surface area (Å²) in [6.07, 6.45) is 3.75. The molecule has 0 radical (unpaired) electrons. The van der Waals surface area contributed by atoms with E-state index in [1.807, 2.05) is 37.3 Å². The first-order valence-electron chi connectivity index (χ1n) is 8.90. The molecule has 1 aromatic rings. The summed E-state index contributed by atoms with van der Waals surface area (Å²) in [4.78, 5) is 33.5. The fourth-order valence-corrected chi connectivity index (χ4v) is 2.70. The van der Waals surface area contributed by atoms with Gasteiger partial charge in [0.05, 0.1) is 5.92 Å². The molecule has 0 bridgehead atoms. The maximum absolute atomic E-state index is 11.1. The molecule has 7 heteroatoms. The smallest absolute Gasteiger partial charge is 0.320 e. The van der Waals surface area contributed by atoms with E-state index < -0.39 is 17.9 Å². The summed E-state index contributed by atoms with van der Waals surface area (Å²) >= 11 is 0. The van der Waals surface area contributed by atoms with Crippen LogP contribution in [0.3, 0.4) is 0 Å². The first-order chi connectivity index (χ1) is 12.5. The highest BCUT2D eigenvalue weighted by Crippen LogP contribution is 2.11. The quantitative estimate of drug-likeness (QED) is 0.575. The summed E-state index contributed by atoms with van der Waals surface area (Å²) < 4.78 is 0. The van der Waals surface area contributed by atoms with Crippen molar-refractivity contribution in [3.63, 3.8) is 0 Å². The fourth-order valence-electron chi connectivity index (χ4n) is 2.70. The third kappa shape index (κ3) is 8.11. The summed E-state index contributed by atoms with van der Waals surface area (Å²) in [5, 5.41) is 20.4. The Hall–Kier alpha value is -2.41. The van der Waals surface area contributed by atoms with E-state index in [4.69, 9.17) is 10.2 Å². The lowest BCUT2D eigenvalue weighted by Crippen LogP contribution is -2.32. The van der Waals surface area contributed by atoms with Gasteiger partial charge < -0.3 is 20.4 Å². The van der Waals surface area contributed by atoms with Crippen LogP contribution < -0.4 is 5.32 Å². The summed E-state index contributed by atoms with van der Waals surface area (Å²) in [5.41, 5.74) is 1.12. The van der Waals surface area contributed by atoms with Crippen molar-refractivity contribution in [3.05, 3.63) is 35.9 Å². The molecule has 0 aliphatic carbocycles. The zero-order chi connectivity index (χ0) is 19.4. The first-order valence-corrected chi connectivity index (χ1v) is 8.90. The van der Waals surface area contributed by atoms with E-state index in [1.165, 1.54) is 4.90 Å². The lowest BCUT2D eigenvalue weighted by molar-refractivity contribution is -0.143. The van der Waals surface area contributed by atoms with Crippen LogP contribution >= 0.6 is 0 Å². The highest BCUT2D eigenvalue weighted by Gasteiger charge is 2.20. The van der Waals surface area contributed by atoms with Gasteiger partial charge in [-0.1, -0.05) is 30.3 Å². The van der Waals surface area contributed by atoms with E-state index in [-0.39, 0.29) is 12.6 Å². The first kappa shape index (κ1) is 21.6. The number of hydrogen-bond donors (Lipinski definition) is 3. The Balaban J connectivity index is 0.000000350. The predicted octanol–water partition coefficient (Wildman–Crippen LogP) is 1.62. The van der Waals surface area contributed by atoms with Gasteiger partial charge in [0, 0.05) is 13.1 Å². The molecule has 2 rings (SSSR count). The molecule has 1 unspecified atom stereocenters. The molecule has 1 fully saturated rings. The number of aliphatic carboxylic acids is 2. The van der Waals surface area contributed by atoms with Gasteiger partial charge in [-0.15, -0.1) is 0 Å². The van der Waals surface area contributed by atoms with Crippen molar-refractivity contribution in [2.75, 3.05) is 19.6 Å². The monoisotopic (exact) mass is 364 g/mol. The largest absolute Gasteiger partial charge is 0.481 e. The maximum atomic E-state index is 11.1. The molecule has 0 saturated carbocycles. The molecule has 7 nitrogen and oxygen atoms in total. The molecular formula is C19H28N2O5. The maximum Gasteiger partial charge on any atom is 0.320 e. The van der Waals surface area contributed by atoms with E-state index in [0.29, 0.717) is 25.8 Å². The average molecular weight is 364 g/mol. The topological polar surface area (TPSA) is 107 Å². The number of aryl methyl sites for hydroxylation is 1. The molecule has 1 saturated heterocycles. The van der Waals surface area contributed by atoms with Crippen LogP contribution in [0.25, 0.3) is 0 Å². The van der Waals surface area contributed by atoms with Gasteiger partial charge in [-0.2, -0.15) is 0 Å². The summed E-state index contributed by atoms with van der Waals surface area (Å²) in [6.45, 7) is 3.52. The fraction of sp³-hybridized carbons (Fsp3) is 0.526. The van der Waals surface area contributed by atoms with Crippen LogP contribution in [0, 0.1) is 5.92 Å². The Labute approximate surface area is 154 Å². The highest BCUT2D eigenvalue weighted by molar-refractivity contribution is 5.73. The molecule has 0 spiro atoms. The molecule has 26 heavy (non-hydrogen) atoms. The van der Waals surface area contributed by atoms with Crippen LogP contribution in [0.5, 0.6) is 0 Å². The van der Waals surface area contributed by atoms with Crippen LogP contribution in [0.15, 0.2) is 30.3 Å². The number of rotatable bonds is 9.